The molecule has 0 saturated carbocycles. The molecule has 0 aliphatic carbocycles. The van der Waals surface area contributed by atoms with Gasteiger partial charge in [0.2, 0.25) is 6.23 Å². The second-order valence-electron chi connectivity index (χ2n) is 2.53. The molecule has 0 radical (unpaired) electrons. The number of aldehydes is 1. The van der Waals surface area contributed by atoms with Gasteiger partial charge in [0.15, 0.2) is 6.29 Å². The van der Waals surface area contributed by atoms with Gasteiger partial charge in [-0.25, -0.2) is 4.79 Å². The van der Waals surface area contributed by atoms with Gasteiger partial charge < -0.3 is 9.84 Å². The highest BCUT2D eigenvalue weighted by atomic mass is 16.5. The van der Waals surface area contributed by atoms with Crippen molar-refractivity contribution >= 4 is 12.3 Å². The van der Waals surface area contributed by atoms with Crippen molar-refractivity contribution in [2.45, 2.75) is 6.23 Å². The minimum atomic E-state index is -1.46. The van der Waals surface area contributed by atoms with E-state index < -0.39 is 12.2 Å². The van der Waals surface area contributed by atoms with Crippen molar-refractivity contribution in [1.82, 2.24) is 0 Å². The highest BCUT2D eigenvalue weighted by Crippen LogP contribution is 2.16. The van der Waals surface area contributed by atoms with Crippen molar-refractivity contribution in [3.63, 3.8) is 0 Å². The summed E-state index contributed by atoms with van der Waals surface area (Å²) < 4.78 is 4.84. The molecule has 5 heteroatoms. The maximum Gasteiger partial charge on any atom is 0.360 e. The summed E-state index contributed by atoms with van der Waals surface area (Å²) in [5.41, 5.74) is 5.40. The lowest BCUT2D eigenvalue weighted by molar-refractivity contribution is -0.144. The highest BCUT2D eigenvalue weighted by molar-refractivity contribution is 5.79. The summed E-state index contributed by atoms with van der Waals surface area (Å²) in [6, 6.07) is 6.25. The van der Waals surface area contributed by atoms with E-state index in [4.69, 9.17) is 15.6 Å². The van der Waals surface area contributed by atoms with Gasteiger partial charge in [0, 0.05) is 0 Å². The fourth-order valence-corrected chi connectivity index (χ4v) is 0.872. The molecule has 3 N–H and O–H groups in total. The molecule has 74 valence electrons. The van der Waals surface area contributed by atoms with E-state index in [0.29, 0.717) is 6.29 Å². The minimum absolute atomic E-state index is 0.164. The molecular weight excluding hydrogens is 186 g/mol. The van der Waals surface area contributed by atoms with Crippen LogP contribution in [0.2, 0.25) is 0 Å². The van der Waals surface area contributed by atoms with Crippen LogP contribution < -0.4 is 10.5 Å². The molecule has 5 nitrogen and oxygen atoms in total. The molecule has 0 saturated heterocycles. The third-order valence-corrected chi connectivity index (χ3v) is 1.54. The number of nitrogens with two attached hydrogens (primary N) is 1. The summed E-state index contributed by atoms with van der Waals surface area (Å²) in [7, 11) is 0. The van der Waals surface area contributed by atoms with Gasteiger partial charge in [-0.2, -0.15) is 0 Å². The Balaban J connectivity index is 2.85. The van der Waals surface area contributed by atoms with E-state index in [1.807, 2.05) is 0 Å². The van der Waals surface area contributed by atoms with Gasteiger partial charge in [-0.05, 0) is 12.1 Å². The molecule has 0 spiro atoms. The lowest BCUT2D eigenvalue weighted by Gasteiger charge is -2.11. The Hall–Kier alpha value is -1.88. The van der Waals surface area contributed by atoms with Gasteiger partial charge in [-0.1, -0.05) is 12.1 Å². The third kappa shape index (κ3) is 2.30. The van der Waals surface area contributed by atoms with Crippen molar-refractivity contribution in [1.29, 1.82) is 0 Å². The number of rotatable bonds is 4. The number of benzene rings is 1. The average Bonchev–Trinajstić information content (AvgIpc) is 2.18. The summed E-state index contributed by atoms with van der Waals surface area (Å²) in [5, 5.41) is 8.47. The molecule has 1 atom stereocenters. The van der Waals surface area contributed by atoms with Crippen molar-refractivity contribution in [2.24, 2.45) is 5.73 Å². The van der Waals surface area contributed by atoms with Crippen molar-refractivity contribution in [3.8, 4) is 5.75 Å². The van der Waals surface area contributed by atoms with Gasteiger partial charge >= 0.3 is 5.97 Å². The first kappa shape index (κ1) is 10.2. The predicted molar refractivity (Wildman–Crippen MR) is 48.1 cm³/mol. The van der Waals surface area contributed by atoms with Crippen LogP contribution in [0.5, 0.6) is 5.75 Å². The molecule has 0 aromatic heterocycles. The van der Waals surface area contributed by atoms with E-state index in [2.05, 4.69) is 0 Å². The van der Waals surface area contributed by atoms with Crippen LogP contribution >= 0.6 is 0 Å². The van der Waals surface area contributed by atoms with E-state index in [9.17, 15) is 9.59 Å². The third-order valence-electron chi connectivity index (χ3n) is 1.54. The normalized spacial score (nSPS) is 11.8. The van der Waals surface area contributed by atoms with Gasteiger partial charge in [-0.15, -0.1) is 0 Å². The first-order valence-electron chi connectivity index (χ1n) is 3.84. The molecule has 0 heterocycles. The lowest BCUT2D eigenvalue weighted by Crippen LogP contribution is -2.36. The molecule has 14 heavy (non-hydrogen) atoms. The van der Waals surface area contributed by atoms with Crippen molar-refractivity contribution in [2.75, 3.05) is 0 Å². The van der Waals surface area contributed by atoms with Crippen LogP contribution in [-0.2, 0) is 4.79 Å². The molecule has 0 amide bonds. The second-order valence-corrected chi connectivity index (χ2v) is 2.53. The summed E-state index contributed by atoms with van der Waals surface area (Å²) in [6.07, 6.45) is -0.889. The number of aliphatic carboxylic acids is 1. The first-order chi connectivity index (χ1) is 6.65. The van der Waals surface area contributed by atoms with E-state index >= 15 is 0 Å². The van der Waals surface area contributed by atoms with E-state index in [1.165, 1.54) is 12.1 Å². The first-order valence-corrected chi connectivity index (χ1v) is 3.84. The Morgan fingerprint density at radius 2 is 2.14 bits per heavy atom. The number of hydrogen-bond donors (Lipinski definition) is 2. The zero-order valence-electron chi connectivity index (χ0n) is 7.21. The van der Waals surface area contributed by atoms with Crippen LogP contribution in [0.15, 0.2) is 24.3 Å². The average molecular weight is 195 g/mol. The molecule has 0 aliphatic heterocycles. The minimum Gasteiger partial charge on any atom is -0.477 e. The SMILES string of the molecule is NC(Oc1ccccc1C=O)C(=O)O. The van der Waals surface area contributed by atoms with E-state index in [0.717, 1.165) is 0 Å². The predicted octanol–water partition coefficient (Wildman–Crippen LogP) is 0.247. The van der Waals surface area contributed by atoms with Crippen LogP contribution in [0.1, 0.15) is 10.4 Å². The number of carbonyl (C=O) groups is 2. The number of carboxylic acids is 1. The largest absolute Gasteiger partial charge is 0.477 e. The van der Waals surface area contributed by atoms with E-state index in [1.54, 1.807) is 12.1 Å². The van der Waals surface area contributed by atoms with Gasteiger partial charge in [0.1, 0.15) is 5.75 Å². The summed E-state index contributed by atoms with van der Waals surface area (Å²) in [4.78, 5) is 20.9. The molecule has 1 aromatic carbocycles. The number of hydrogen-bond acceptors (Lipinski definition) is 4. The summed E-state index contributed by atoms with van der Waals surface area (Å²) in [5.74, 6) is -1.12. The zero-order valence-corrected chi connectivity index (χ0v) is 7.21. The van der Waals surface area contributed by atoms with Gasteiger partial charge in [-0.3, -0.25) is 10.5 Å². The standard InChI is InChI=1S/C9H9NO4/c10-8(9(12)13)14-7-4-2-1-3-6(7)5-11/h1-5,8H,10H2,(H,12,13). The van der Waals surface area contributed by atoms with Gasteiger partial charge in [0.05, 0.1) is 5.56 Å². The Morgan fingerprint density at radius 3 is 2.71 bits per heavy atom. The maximum absolute atomic E-state index is 10.5. The topological polar surface area (TPSA) is 89.6 Å². The maximum atomic E-state index is 10.5. The Bertz CT molecular complexity index is 350. The van der Waals surface area contributed by atoms with Crippen molar-refractivity contribution in [3.05, 3.63) is 29.8 Å². The fraction of sp³-hybridized carbons (Fsp3) is 0.111. The van der Waals surface area contributed by atoms with E-state index in [-0.39, 0.29) is 11.3 Å². The summed E-state index contributed by atoms with van der Waals surface area (Å²) in [6.45, 7) is 0. The number of para-hydroxylation sites is 1. The lowest BCUT2D eigenvalue weighted by atomic mass is 10.2. The Kier molecular flexibility index (Phi) is 3.19. The number of carboxylic acid groups (broad SMARTS) is 1. The van der Waals surface area contributed by atoms with Crippen molar-refractivity contribution < 1.29 is 19.4 Å². The number of carbonyl (C=O) groups excluding carboxylic acids is 1. The second kappa shape index (κ2) is 4.38. The fourth-order valence-electron chi connectivity index (χ4n) is 0.872. The van der Waals surface area contributed by atoms with Crippen LogP contribution in [-0.4, -0.2) is 23.6 Å². The molecule has 1 aromatic rings. The van der Waals surface area contributed by atoms with Gasteiger partial charge in [0.25, 0.3) is 0 Å². The molecule has 0 aliphatic rings. The Labute approximate surface area is 80.1 Å². The molecular formula is C9H9NO4. The van der Waals surface area contributed by atoms with Crippen LogP contribution in [0.25, 0.3) is 0 Å². The molecule has 0 fully saturated rings. The molecule has 1 rings (SSSR count). The quantitative estimate of drug-likeness (QED) is 0.530. The monoisotopic (exact) mass is 195 g/mol. The smallest absolute Gasteiger partial charge is 0.360 e. The Morgan fingerprint density at radius 1 is 1.50 bits per heavy atom. The van der Waals surface area contributed by atoms with Crippen LogP contribution in [0.3, 0.4) is 0 Å². The molecule has 1 unspecified atom stereocenters. The van der Waals surface area contributed by atoms with Crippen LogP contribution in [0, 0.1) is 0 Å². The number of ether oxygens (including phenoxy) is 1. The zero-order chi connectivity index (χ0) is 10.6. The van der Waals surface area contributed by atoms with Crippen LogP contribution in [0.4, 0.5) is 0 Å². The highest BCUT2D eigenvalue weighted by Gasteiger charge is 2.14. The molecule has 0 bridgehead atoms. The summed E-state index contributed by atoms with van der Waals surface area (Å²) >= 11 is 0.